The molecule has 0 aromatic rings. The van der Waals surface area contributed by atoms with Crippen molar-refractivity contribution >= 4 is 17.8 Å². The van der Waals surface area contributed by atoms with Crippen molar-refractivity contribution in [2.75, 3.05) is 20.2 Å². The van der Waals surface area contributed by atoms with Crippen molar-refractivity contribution in [3.05, 3.63) is 11.6 Å². The molecule has 36 heavy (non-hydrogen) atoms. The average molecular weight is 508 g/mol. The second-order valence-electron chi connectivity index (χ2n) is 11.8. The maximum Gasteiger partial charge on any atom is 0.333 e. The fourth-order valence-electron chi connectivity index (χ4n) is 4.99. The van der Waals surface area contributed by atoms with Crippen LogP contribution in [-0.4, -0.2) is 72.0 Å². The predicted molar refractivity (Wildman–Crippen MR) is 147 cm³/mol. The Balaban J connectivity index is 3.15. The van der Waals surface area contributed by atoms with Gasteiger partial charge in [0, 0.05) is 18.7 Å². The monoisotopic (exact) mass is 507 g/mol. The zero-order chi connectivity index (χ0) is 27.6. The van der Waals surface area contributed by atoms with Crippen LogP contribution in [0.2, 0.25) is 0 Å². The first kappa shape index (κ1) is 32.1. The van der Waals surface area contributed by atoms with Gasteiger partial charge in [0.1, 0.15) is 6.04 Å². The molecule has 7 heteroatoms. The molecule has 1 aliphatic heterocycles. The van der Waals surface area contributed by atoms with E-state index >= 15 is 0 Å². The molecule has 0 spiro atoms. The number of ether oxygens (including phenoxy) is 1. The number of nitrogens with one attached hydrogen (secondary N) is 1. The number of amides is 2. The van der Waals surface area contributed by atoms with Gasteiger partial charge in [-0.05, 0) is 57.9 Å². The maximum atomic E-state index is 13.8. The topological polar surface area (TPSA) is 79.0 Å². The number of rotatable bonds is 12. The largest absolute Gasteiger partial charge is 0.463 e. The van der Waals surface area contributed by atoms with Gasteiger partial charge in [0.05, 0.1) is 18.7 Å². The molecule has 1 heterocycles. The quantitative estimate of drug-likeness (QED) is 0.299. The van der Waals surface area contributed by atoms with Crippen LogP contribution in [0.4, 0.5) is 0 Å². The molecule has 0 aromatic carbocycles. The summed E-state index contributed by atoms with van der Waals surface area (Å²) in [7, 11) is 1.76. The van der Waals surface area contributed by atoms with Crippen LogP contribution < -0.4 is 5.32 Å². The summed E-state index contributed by atoms with van der Waals surface area (Å²) in [5.41, 5.74) is 0.000844. The third-order valence-electron chi connectivity index (χ3n) is 7.28. The molecule has 1 aliphatic rings. The predicted octanol–water partition coefficient (Wildman–Crippen LogP) is 4.94. The summed E-state index contributed by atoms with van der Waals surface area (Å²) in [5.74, 6) is -0.505. The highest BCUT2D eigenvalue weighted by atomic mass is 16.5. The summed E-state index contributed by atoms with van der Waals surface area (Å²) >= 11 is 0. The third-order valence-corrected chi connectivity index (χ3v) is 7.28. The fourth-order valence-corrected chi connectivity index (χ4v) is 4.99. The zero-order valence-electron chi connectivity index (χ0n) is 24.6. The summed E-state index contributed by atoms with van der Waals surface area (Å²) in [5, 5.41) is 3.15. The minimum atomic E-state index is -0.678. The number of esters is 1. The number of likely N-dealkylation sites (N-methyl/N-ethyl adjacent to an activating group) is 1. The van der Waals surface area contributed by atoms with Gasteiger partial charge in [0.2, 0.25) is 11.8 Å². The molecule has 208 valence electrons. The van der Waals surface area contributed by atoms with Gasteiger partial charge in [0.15, 0.2) is 0 Å². The average Bonchev–Trinajstić information content (AvgIpc) is 2.82. The molecule has 4 atom stereocenters. The van der Waals surface area contributed by atoms with E-state index in [2.05, 4.69) is 24.1 Å². The van der Waals surface area contributed by atoms with Gasteiger partial charge < -0.3 is 15.0 Å². The van der Waals surface area contributed by atoms with E-state index in [1.54, 1.807) is 31.9 Å². The standard InChI is InChI=1S/C29H53N3O4/c1-11-13-16-22(6)32-18-15-14-17-23(32)26(33)30-25(29(7,8)9)27(34)31(10)24(20(3)4)19-21(5)28(35)36-12-2/h19-20,22-25H,11-18H2,1-10H3,(H,30,33)/t22?,23-,24-,25-/m1/s1. The highest BCUT2D eigenvalue weighted by Crippen LogP contribution is 2.26. The SMILES string of the molecule is CCCCC(C)N1CCCC[C@@H]1C(=O)N[C@H](C(=O)N(C)[C@H](C=C(C)C(=O)OCC)C(C)C)C(C)(C)C. The van der Waals surface area contributed by atoms with E-state index in [1.807, 2.05) is 34.6 Å². The van der Waals surface area contributed by atoms with Crippen molar-refractivity contribution in [3.8, 4) is 0 Å². The summed E-state index contributed by atoms with van der Waals surface area (Å²) in [4.78, 5) is 43.7. The van der Waals surface area contributed by atoms with E-state index in [1.165, 1.54) is 0 Å². The van der Waals surface area contributed by atoms with E-state index in [-0.39, 0.29) is 35.8 Å². The molecule has 1 rings (SSSR count). The summed E-state index contributed by atoms with van der Waals surface area (Å²) in [6.45, 7) is 19.1. The number of unbranched alkanes of at least 4 members (excludes halogenated alkanes) is 1. The van der Waals surface area contributed by atoms with Gasteiger partial charge in [0.25, 0.3) is 0 Å². The number of carbonyl (C=O) groups excluding carboxylic acids is 3. The number of nitrogens with zero attached hydrogens (tertiary/aromatic N) is 2. The van der Waals surface area contributed by atoms with Crippen LogP contribution in [0.5, 0.6) is 0 Å². The number of carbonyl (C=O) groups is 3. The van der Waals surface area contributed by atoms with E-state index in [0.29, 0.717) is 18.2 Å². The summed E-state index contributed by atoms with van der Waals surface area (Å²) in [6.07, 6.45) is 8.12. The van der Waals surface area contributed by atoms with Crippen molar-refractivity contribution in [1.29, 1.82) is 0 Å². The molecule has 0 bridgehead atoms. The molecule has 0 radical (unpaired) electrons. The van der Waals surface area contributed by atoms with Gasteiger partial charge in [-0.2, -0.15) is 0 Å². The first-order valence-electron chi connectivity index (χ1n) is 13.9. The van der Waals surface area contributed by atoms with Crippen molar-refractivity contribution < 1.29 is 19.1 Å². The van der Waals surface area contributed by atoms with Crippen molar-refractivity contribution in [1.82, 2.24) is 15.1 Å². The normalized spacial score (nSPS) is 20.0. The molecule has 1 N–H and O–H groups in total. The molecular formula is C29H53N3O4. The van der Waals surface area contributed by atoms with E-state index in [4.69, 9.17) is 4.74 Å². The Labute approximate surface area is 220 Å². The lowest BCUT2D eigenvalue weighted by atomic mass is 9.84. The molecule has 2 amide bonds. The number of piperidine rings is 1. The molecule has 7 nitrogen and oxygen atoms in total. The Morgan fingerprint density at radius 1 is 1.14 bits per heavy atom. The first-order chi connectivity index (χ1) is 16.8. The van der Waals surface area contributed by atoms with Gasteiger partial charge >= 0.3 is 5.97 Å². The lowest BCUT2D eigenvalue weighted by molar-refractivity contribution is -0.142. The van der Waals surface area contributed by atoms with Crippen molar-refractivity contribution in [2.45, 2.75) is 125 Å². The van der Waals surface area contributed by atoms with Crippen LogP contribution in [0.15, 0.2) is 11.6 Å². The van der Waals surface area contributed by atoms with Gasteiger partial charge in [-0.15, -0.1) is 0 Å². The van der Waals surface area contributed by atoms with Crippen LogP contribution >= 0.6 is 0 Å². The highest BCUT2D eigenvalue weighted by molar-refractivity contribution is 5.91. The van der Waals surface area contributed by atoms with Crippen LogP contribution in [0, 0.1) is 11.3 Å². The van der Waals surface area contributed by atoms with E-state index in [9.17, 15) is 14.4 Å². The minimum Gasteiger partial charge on any atom is -0.463 e. The molecule has 1 unspecified atom stereocenters. The van der Waals surface area contributed by atoms with Gasteiger partial charge in [-0.3, -0.25) is 14.5 Å². The minimum absolute atomic E-state index is 0.0564. The Bertz CT molecular complexity index is 756. The number of hydrogen-bond donors (Lipinski definition) is 1. The Kier molecular flexibility index (Phi) is 13.2. The molecule has 1 fully saturated rings. The van der Waals surface area contributed by atoms with Crippen molar-refractivity contribution in [2.24, 2.45) is 11.3 Å². The molecule has 0 aliphatic carbocycles. The molecule has 0 saturated carbocycles. The molecular weight excluding hydrogens is 454 g/mol. The second-order valence-corrected chi connectivity index (χ2v) is 11.8. The maximum absolute atomic E-state index is 13.8. The third kappa shape index (κ3) is 9.20. The zero-order valence-corrected chi connectivity index (χ0v) is 24.6. The fraction of sp³-hybridized carbons (Fsp3) is 0.828. The second kappa shape index (κ2) is 14.7. The highest BCUT2D eigenvalue weighted by Gasteiger charge is 2.40. The Morgan fingerprint density at radius 3 is 2.31 bits per heavy atom. The van der Waals surface area contributed by atoms with Crippen LogP contribution in [0.1, 0.15) is 101 Å². The Hall–Kier alpha value is -1.89. The van der Waals surface area contributed by atoms with Gasteiger partial charge in [-0.25, -0.2) is 4.79 Å². The Morgan fingerprint density at radius 2 is 1.78 bits per heavy atom. The van der Waals surface area contributed by atoms with Gasteiger partial charge in [-0.1, -0.05) is 66.9 Å². The van der Waals surface area contributed by atoms with E-state index < -0.39 is 11.5 Å². The lowest BCUT2D eigenvalue weighted by Crippen LogP contribution is -2.60. The molecule has 0 aromatic heterocycles. The number of hydrogen-bond acceptors (Lipinski definition) is 5. The first-order valence-corrected chi connectivity index (χ1v) is 13.9. The van der Waals surface area contributed by atoms with Crippen LogP contribution in [-0.2, 0) is 19.1 Å². The number of likely N-dealkylation sites (tertiary alicyclic amines) is 1. The van der Waals surface area contributed by atoms with E-state index in [0.717, 1.165) is 45.1 Å². The lowest BCUT2D eigenvalue weighted by Gasteiger charge is -2.41. The smallest absolute Gasteiger partial charge is 0.333 e. The summed E-state index contributed by atoms with van der Waals surface area (Å²) in [6, 6.07) is -0.847. The summed E-state index contributed by atoms with van der Waals surface area (Å²) < 4.78 is 5.13. The van der Waals surface area contributed by atoms with Crippen LogP contribution in [0.3, 0.4) is 0 Å². The van der Waals surface area contributed by atoms with Crippen molar-refractivity contribution in [3.63, 3.8) is 0 Å². The van der Waals surface area contributed by atoms with Crippen LogP contribution in [0.25, 0.3) is 0 Å². The molecule has 1 saturated heterocycles.